The molecule has 1 amide bonds. The number of carbonyl (C=O) groups is 1. The number of carbonyl (C=O) groups excluding carboxylic acids is 1. The summed E-state index contributed by atoms with van der Waals surface area (Å²) >= 11 is 0. The minimum Gasteiger partial charge on any atom is -0.497 e. The predicted molar refractivity (Wildman–Crippen MR) is 93.8 cm³/mol. The lowest BCUT2D eigenvalue weighted by Crippen LogP contribution is -2.29. The lowest BCUT2D eigenvalue weighted by Gasteiger charge is -2.19. The maximum absolute atomic E-state index is 12.0. The SMILES string of the molecule is CCCCC(NC(=O)CCCNC)c1ccc(OC)cc1.Cl. The van der Waals surface area contributed by atoms with E-state index in [0.29, 0.717) is 6.42 Å². The van der Waals surface area contributed by atoms with Crippen LogP contribution in [0.15, 0.2) is 24.3 Å². The summed E-state index contributed by atoms with van der Waals surface area (Å²) in [4.78, 5) is 12.0. The van der Waals surface area contributed by atoms with E-state index < -0.39 is 0 Å². The summed E-state index contributed by atoms with van der Waals surface area (Å²) in [7, 11) is 3.56. The normalized spacial score (nSPS) is 11.4. The van der Waals surface area contributed by atoms with E-state index in [1.54, 1.807) is 7.11 Å². The molecule has 0 radical (unpaired) electrons. The molecular formula is C17H29ClN2O2. The van der Waals surface area contributed by atoms with E-state index in [4.69, 9.17) is 4.74 Å². The lowest BCUT2D eigenvalue weighted by molar-refractivity contribution is -0.122. The van der Waals surface area contributed by atoms with Gasteiger partial charge in [-0.05, 0) is 44.1 Å². The molecule has 126 valence electrons. The van der Waals surface area contributed by atoms with Gasteiger partial charge in [-0.2, -0.15) is 0 Å². The second-order valence-electron chi connectivity index (χ2n) is 5.24. The van der Waals surface area contributed by atoms with Gasteiger partial charge >= 0.3 is 0 Å². The molecule has 0 heterocycles. The van der Waals surface area contributed by atoms with Gasteiger partial charge in [-0.1, -0.05) is 31.9 Å². The molecule has 2 N–H and O–H groups in total. The fraction of sp³-hybridized carbons (Fsp3) is 0.588. The van der Waals surface area contributed by atoms with Crippen molar-refractivity contribution in [3.63, 3.8) is 0 Å². The van der Waals surface area contributed by atoms with Gasteiger partial charge in [-0.3, -0.25) is 4.79 Å². The minimum atomic E-state index is 0. The van der Waals surface area contributed by atoms with E-state index in [-0.39, 0.29) is 24.4 Å². The molecule has 0 bridgehead atoms. The number of unbranched alkanes of at least 4 members (excludes halogenated alkanes) is 1. The van der Waals surface area contributed by atoms with Gasteiger partial charge in [0.1, 0.15) is 5.75 Å². The molecule has 0 spiro atoms. The van der Waals surface area contributed by atoms with Crippen LogP contribution >= 0.6 is 12.4 Å². The van der Waals surface area contributed by atoms with Gasteiger partial charge < -0.3 is 15.4 Å². The van der Waals surface area contributed by atoms with Crippen LogP contribution in [-0.4, -0.2) is 26.6 Å². The number of rotatable bonds is 10. The molecule has 22 heavy (non-hydrogen) atoms. The Morgan fingerprint density at radius 2 is 1.91 bits per heavy atom. The van der Waals surface area contributed by atoms with Crippen LogP contribution in [0.3, 0.4) is 0 Å². The number of amides is 1. The van der Waals surface area contributed by atoms with Crippen molar-refractivity contribution in [2.45, 2.75) is 45.1 Å². The van der Waals surface area contributed by atoms with E-state index in [2.05, 4.69) is 17.6 Å². The second-order valence-corrected chi connectivity index (χ2v) is 5.24. The molecule has 1 aromatic carbocycles. The predicted octanol–water partition coefficient (Wildman–Crippen LogP) is 3.46. The molecular weight excluding hydrogens is 300 g/mol. The smallest absolute Gasteiger partial charge is 0.220 e. The topological polar surface area (TPSA) is 50.4 Å². The fourth-order valence-electron chi connectivity index (χ4n) is 2.26. The number of nitrogens with one attached hydrogen (secondary N) is 2. The third-order valence-corrected chi connectivity index (χ3v) is 3.53. The summed E-state index contributed by atoms with van der Waals surface area (Å²) < 4.78 is 5.18. The number of ether oxygens (including phenoxy) is 1. The molecule has 0 aliphatic heterocycles. The van der Waals surface area contributed by atoms with Gasteiger partial charge in [-0.25, -0.2) is 0 Å². The van der Waals surface area contributed by atoms with E-state index >= 15 is 0 Å². The van der Waals surface area contributed by atoms with Gasteiger partial charge in [0.05, 0.1) is 13.2 Å². The Balaban J connectivity index is 0.00000441. The highest BCUT2D eigenvalue weighted by molar-refractivity contribution is 5.85. The summed E-state index contributed by atoms with van der Waals surface area (Å²) in [5, 5.41) is 6.22. The molecule has 0 fully saturated rings. The summed E-state index contributed by atoms with van der Waals surface area (Å²) in [5.41, 5.74) is 1.14. The van der Waals surface area contributed by atoms with Crippen molar-refractivity contribution in [3.05, 3.63) is 29.8 Å². The zero-order chi connectivity index (χ0) is 15.5. The maximum Gasteiger partial charge on any atom is 0.220 e. The number of hydrogen-bond donors (Lipinski definition) is 2. The minimum absolute atomic E-state index is 0. The van der Waals surface area contributed by atoms with Crippen LogP contribution in [0.5, 0.6) is 5.75 Å². The van der Waals surface area contributed by atoms with E-state index in [1.165, 1.54) is 0 Å². The van der Waals surface area contributed by atoms with E-state index in [1.807, 2.05) is 31.3 Å². The molecule has 0 aliphatic rings. The molecule has 0 saturated carbocycles. The lowest BCUT2D eigenvalue weighted by atomic mass is 10.0. The highest BCUT2D eigenvalue weighted by atomic mass is 35.5. The van der Waals surface area contributed by atoms with Crippen LogP contribution in [-0.2, 0) is 4.79 Å². The average molecular weight is 329 g/mol. The number of hydrogen-bond acceptors (Lipinski definition) is 3. The Bertz CT molecular complexity index is 410. The molecule has 1 unspecified atom stereocenters. The Kier molecular flexibility index (Phi) is 11.6. The van der Waals surface area contributed by atoms with Gasteiger partial charge in [0.2, 0.25) is 5.91 Å². The molecule has 0 saturated heterocycles. The Morgan fingerprint density at radius 3 is 2.45 bits per heavy atom. The van der Waals surface area contributed by atoms with Crippen molar-refractivity contribution in [2.75, 3.05) is 20.7 Å². The number of halogens is 1. The molecule has 1 rings (SSSR count). The Labute approximate surface area is 140 Å². The maximum atomic E-state index is 12.0. The van der Waals surface area contributed by atoms with Crippen LogP contribution in [0, 0.1) is 0 Å². The fourth-order valence-corrected chi connectivity index (χ4v) is 2.26. The Hall–Kier alpha value is -1.26. The van der Waals surface area contributed by atoms with Crippen LogP contribution in [0.25, 0.3) is 0 Å². The van der Waals surface area contributed by atoms with Gasteiger partial charge in [0.15, 0.2) is 0 Å². The molecule has 1 aromatic rings. The summed E-state index contributed by atoms with van der Waals surface area (Å²) in [6.45, 7) is 3.04. The van der Waals surface area contributed by atoms with Crippen LogP contribution in [0.2, 0.25) is 0 Å². The van der Waals surface area contributed by atoms with Crippen molar-refractivity contribution in [1.29, 1.82) is 0 Å². The molecule has 0 aromatic heterocycles. The Morgan fingerprint density at radius 1 is 1.23 bits per heavy atom. The van der Waals surface area contributed by atoms with Gasteiger partial charge in [0.25, 0.3) is 0 Å². The highest BCUT2D eigenvalue weighted by Crippen LogP contribution is 2.22. The standard InChI is InChI=1S/C17H28N2O2.ClH/c1-4-5-7-16(19-17(20)8-6-13-18-2)14-9-11-15(21-3)12-10-14;/h9-12,16,18H,4-8,13H2,1-3H3,(H,19,20);1H. The first-order chi connectivity index (χ1) is 10.2. The number of benzene rings is 1. The monoisotopic (exact) mass is 328 g/mol. The van der Waals surface area contributed by atoms with E-state index in [0.717, 1.165) is 43.5 Å². The average Bonchev–Trinajstić information content (AvgIpc) is 2.52. The van der Waals surface area contributed by atoms with Crippen molar-refractivity contribution < 1.29 is 9.53 Å². The van der Waals surface area contributed by atoms with Crippen molar-refractivity contribution in [1.82, 2.24) is 10.6 Å². The largest absolute Gasteiger partial charge is 0.497 e. The molecule has 0 aliphatic carbocycles. The number of methoxy groups -OCH3 is 1. The molecule has 1 atom stereocenters. The summed E-state index contributed by atoms with van der Waals surface area (Å²) in [6, 6.07) is 8.06. The second kappa shape index (κ2) is 12.3. The molecule has 4 nitrogen and oxygen atoms in total. The van der Waals surface area contributed by atoms with Gasteiger partial charge in [-0.15, -0.1) is 12.4 Å². The van der Waals surface area contributed by atoms with Crippen LogP contribution in [0.4, 0.5) is 0 Å². The third kappa shape index (κ3) is 7.66. The zero-order valence-corrected chi connectivity index (χ0v) is 14.7. The van der Waals surface area contributed by atoms with Crippen LogP contribution in [0.1, 0.15) is 50.6 Å². The highest BCUT2D eigenvalue weighted by Gasteiger charge is 2.14. The third-order valence-electron chi connectivity index (χ3n) is 3.53. The van der Waals surface area contributed by atoms with E-state index in [9.17, 15) is 4.79 Å². The van der Waals surface area contributed by atoms with Crippen molar-refractivity contribution >= 4 is 18.3 Å². The van der Waals surface area contributed by atoms with Crippen molar-refractivity contribution in [3.8, 4) is 5.75 Å². The summed E-state index contributed by atoms with van der Waals surface area (Å²) in [5.74, 6) is 0.968. The summed E-state index contributed by atoms with van der Waals surface area (Å²) in [6.07, 6.45) is 4.64. The first kappa shape index (κ1) is 20.7. The molecule has 5 heteroatoms. The first-order valence-electron chi connectivity index (χ1n) is 7.79. The van der Waals surface area contributed by atoms with Crippen LogP contribution < -0.4 is 15.4 Å². The zero-order valence-electron chi connectivity index (χ0n) is 13.9. The quantitative estimate of drug-likeness (QED) is 0.647. The van der Waals surface area contributed by atoms with Gasteiger partial charge in [0, 0.05) is 6.42 Å². The first-order valence-corrected chi connectivity index (χ1v) is 7.79. The van der Waals surface area contributed by atoms with Crippen molar-refractivity contribution in [2.24, 2.45) is 0 Å².